The molecule has 2 rings (SSSR count). The monoisotopic (exact) mass is 357 g/mol. The molecule has 0 saturated heterocycles. The summed E-state index contributed by atoms with van der Waals surface area (Å²) >= 11 is 4.30. The van der Waals surface area contributed by atoms with E-state index in [2.05, 4.69) is 30.8 Å². The number of nitrogens with one attached hydrogen (secondary N) is 1. The Labute approximate surface area is 128 Å². The molecule has 1 aromatic carbocycles. The Morgan fingerprint density at radius 1 is 1.40 bits per heavy atom. The minimum Gasteiger partial charge on any atom is -0.320 e. The molecule has 0 unspecified atom stereocenters. The van der Waals surface area contributed by atoms with Crippen molar-refractivity contribution < 1.29 is 9.18 Å². The summed E-state index contributed by atoms with van der Waals surface area (Å²) in [5, 5.41) is 6.68. The highest BCUT2D eigenvalue weighted by atomic mass is 79.9. The molecular formula is C13H13BrFN3OS. The molecule has 0 saturated carbocycles. The highest BCUT2D eigenvalue weighted by Crippen LogP contribution is 2.28. The molecule has 0 aliphatic carbocycles. The van der Waals surface area contributed by atoms with Crippen LogP contribution in [-0.2, 0) is 5.41 Å². The normalized spacial score (nSPS) is 11.4. The summed E-state index contributed by atoms with van der Waals surface area (Å²) in [4.78, 5) is 12.7. The van der Waals surface area contributed by atoms with Gasteiger partial charge in [0.25, 0.3) is 5.91 Å². The lowest BCUT2D eigenvalue weighted by atomic mass is 9.91. The van der Waals surface area contributed by atoms with Crippen LogP contribution in [-0.4, -0.2) is 15.5 Å². The van der Waals surface area contributed by atoms with Gasteiger partial charge in [0.15, 0.2) is 0 Å². The summed E-state index contributed by atoms with van der Waals surface area (Å²) in [6.45, 7) is 5.87. The number of halogens is 2. The molecule has 2 aromatic rings. The van der Waals surface area contributed by atoms with Crippen molar-refractivity contribution in [2.24, 2.45) is 0 Å². The van der Waals surface area contributed by atoms with Crippen molar-refractivity contribution in [3.63, 3.8) is 0 Å². The first-order valence-electron chi connectivity index (χ1n) is 5.88. The smallest absolute Gasteiger partial charge is 0.269 e. The van der Waals surface area contributed by atoms with Crippen molar-refractivity contribution >= 4 is 39.1 Å². The molecule has 0 atom stereocenters. The van der Waals surface area contributed by atoms with Crippen molar-refractivity contribution in [1.82, 2.24) is 9.59 Å². The maximum atomic E-state index is 13.2. The summed E-state index contributed by atoms with van der Waals surface area (Å²) in [5.74, 6) is -0.752. The second kappa shape index (κ2) is 5.57. The van der Waals surface area contributed by atoms with E-state index in [0.29, 0.717) is 20.7 Å². The third-order valence-electron chi connectivity index (χ3n) is 2.58. The number of aromatic nitrogens is 2. The van der Waals surface area contributed by atoms with E-state index in [-0.39, 0.29) is 11.3 Å². The number of rotatable bonds is 2. The molecule has 0 aliphatic rings. The van der Waals surface area contributed by atoms with Crippen molar-refractivity contribution in [3.8, 4) is 0 Å². The minimum absolute atomic E-state index is 0.279. The van der Waals surface area contributed by atoms with Crippen LogP contribution in [0.25, 0.3) is 0 Å². The van der Waals surface area contributed by atoms with E-state index in [1.165, 1.54) is 12.1 Å². The average molecular weight is 358 g/mol. The Morgan fingerprint density at radius 2 is 2.10 bits per heavy atom. The van der Waals surface area contributed by atoms with E-state index in [1.807, 2.05) is 20.8 Å². The molecule has 1 N–H and O–H groups in total. The zero-order valence-electron chi connectivity index (χ0n) is 11.2. The highest BCUT2D eigenvalue weighted by molar-refractivity contribution is 9.10. The molecule has 0 spiro atoms. The molecule has 0 bridgehead atoms. The van der Waals surface area contributed by atoms with Crippen molar-refractivity contribution in [3.05, 3.63) is 39.1 Å². The maximum absolute atomic E-state index is 13.2. The van der Waals surface area contributed by atoms with Crippen LogP contribution in [0, 0.1) is 5.82 Å². The topological polar surface area (TPSA) is 54.9 Å². The third kappa shape index (κ3) is 3.21. The van der Waals surface area contributed by atoms with Crippen LogP contribution in [0.5, 0.6) is 0 Å². The van der Waals surface area contributed by atoms with Crippen molar-refractivity contribution in [2.45, 2.75) is 26.2 Å². The van der Waals surface area contributed by atoms with E-state index in [0.717, 1.165) is 11.5 Å². The molecular weight excluding hydrogens is 345 g/mol. The second-order valence-electron chi connectivity index (χ2n) is 5.28. The number of hydrogen-bond acceptors (Lipinski definition) is 4. The number of benzene rings is 1. The fourth-order valence-electron chi connectivity index (χ4n) is 1.60. The Hall–Kier alpha value is -1.34. The fraction of sp³-hybridized carbons (Fsp3) is 0.308. The molecule has 106 valence electrons. The largest absolute Gasteiger partial charge is 0.320 e. The van der Waals surface area contributed by atoms with Crippen LogP contribution in [0.1, 0.15) is 36.1 Å². The Balaban J connectivity index is 2.30. The summed E-state index contributed by atoms with van der Waals surface area (Å²) in [6.07, 6.45) is 0. The van der Waals surface area contributed by atoms with Crippen molar-refractivity contribution in [2.75, 3.05) is 5.32 Å². The Bertz CT molecular complexity index is 651. The summed E-state index contributed by atoms with van der Waals surface area (Å²) in [6, 6.07) is 4.11. The van der Waals surface area contributed by atoms with Gasteiger partial charge in [0.2, 0.25) is 0 Å². The number of amides is 1. The molecule has 20 heavy (non-hydrogen) atoms. The summed E-state index contributed by atoms with van der Waals surface area (Å²) < 4.78 is 17.7. The summed E-state index contributed by atoms with van der Waals surface area (Å²) in [7, 11) is 0. The summed E-state index contributed by atoms with van der Waals surface area (Å²) in [5.41, 5.74) is 0.731. The van der Waals surface area contributed by atoms with Gasteiger partial charge in [0.05, 0.1) is 11.4 Å². The van der Waals surface area contributed by atoms with Gasteiger partial charge in [-0.25, -0.2) is 4.39 Å². The van der Waals surface area contributed by atoms with Crippen LogP contribution in [0.3, 0.4) is 0 Å². The van der Waals surface area contributed by atoms with E-state index in [4.69, 9.17) is 0 Å². The molecule has 4 nitrogen and oxygen atoms in total. The second-order valence-corrected chi connectivity index (χ2v) is 6.89. The lowest BCUT2D eigenvalue weighted by Crippen LogP contribution is -2.20. The number of hydrogen-bond donors (Lipinski definition) is 1. The van der Waals surface area contributed by atoms with E-state index < -0.39 is 5.82 Å². The number of nitrogens with zero attached hydrogens (tertiary/aromatic N) is 2. The van der Waals surface area contributed by atoms with E-state index >= 15 is 0 Å². The third-order valence-corrected chi connectivity index (χ3v) is 4.00. The molecule has 0 radical (unpaired) electrons. The van der Waals surface area contributed by atoms with Gasteiger partial charge in [-0.2, -0.15) is 0 Å². The van der Waals surface area contributed by atoms with Crippen LogP contribution in [0.15, 0.2) is 22.7 Å². The first kappa shape index (κ1) is 15.1. The van der Waals surface area contributed by atoms with Gasteiger partial charge in [0.1, 0.15) is 10.7 Å². The average Bonchev–Trinajstić information content (AvgIpc) is 2.82. The van der Waals surface area contributed by atoms with Gasteiger partial charge < -0.3 is 5.32 Å². The quantitative estimate of drug-likeness (QED) is 0.883. The molecule has 0 aliphatic heterocycles. The highest BCUT2D eigenvalue weighted by Gasteiger charge is 2.26. The molecule has 1 aromatic heterocycles. The zero-order valence-corrected chi connectivity index (χ0v) is 13.6. The minimum atomic E-state index is -0.415. The zero-order chi connectivity index (χ0) is 14.9. The van der Waals surface area contributed by atoms with E-state index in [1.54, 1.807) is 6.07 Å². The number of carbonyl (C=O) groups excluding carboxylic acids is 1. The number of anilines is 1. The molecule has 1 heterocycles. The first-order chi connectivity index (χ1) is 9.29. The van der Waals surface area contributed by atoms with Crippen LogP contribution >= 0.6 is 27.5 Å². The SMILES string of the molecule is CC(C)(C)c1nnsc1C(=O)Nc1cc(F)ccc1Br. The molecule has 1 amide bonds. The Morgan fingerprint density at radius 3 is 2.75 bits per heavy atom. The standard InChI is InChI=1S/C13H13BrFN3OS/c1-13(2,3)11-10(20-18-17-11)12(19)16-9-6-7(15)4-5-8(9)14/h4-6H,1-3H3,(H,16,19). The Kier molecular flexibility index (Phi) is 4.19. The van der Waals surface area contributed by atoms with Gasteiger partial charge in [-0.1, -0.05) is 25.3 Å². The first-order valence-corrected chi connectivity index (χ1v) is 7.45. The fourth-order valence-corrected chi connectivity index (χ4v) is 2.72. The number of carbonyl (C=O) groups is 1. The van der Waals surface area contributed by atoms with Crippen LogP contribution < -0.4 is 5.32 Å². The molecule has 0 fully saturated rings. The van der Waals surface area contributed by atoms with E-state index in [9.17, 15) is 9.18 Å². The predicted octanol–water partition coefficient (Wildman–Crippen LogP) is 3.99. The van der Waals surface area contributed by atoms with Gasteiger partial charge in [-0.15, -0.1) is 5.10 Å². The van der Waals surface area contributed by atoms with Gasteiger partial charge in [0, 0.05) is 9.89 Å². The lowest BCUT2D eigenvalue weighted by Gasteiger charge is -2.16. The lowest BCUT2D eigenvalue weighted by molar-refractivity contribution is 0.102. The molecule has 7 heteroatoms. The maximum Gasteiger partial charge on any atom is 0.269 e. The van der Waals surface area contributed by atoms with Gasteiger partial charge >= 0.3 is 0 Å². The van der Waals surface area contributed by atoms with Crippen LogP contribution in [0.4, 0.5) is 10.1 Å². The van der Waals surface area contributed by atoms with Crippen molar-refractivity contribution in [1.29, 1.82) is 0 Å². The van der Waals surface area contributed by atoms with Gasteiger partial charge in [-0.3, -0.25) is 4.79 Å². The van der Waals surface area contributed by atoms with Crippen LogP contribution in [0.2, 0.25) is 0 Å². The van der Waals surface area contributed by atoms with Gasteiger partial charge in [-0.05, 0) is 45.7 Å². The predicted molar refractivity (Wildman–Crippen MR) is 80.7 cm³/mol.